The van der Waals surface area contributed by atoms with Crippen LogP contribution in [0.2, 0.25) is 0 Å². The van der Waals surface area contributed by atoms with E-state index in [0.29, 0.717) is 10.1 Å². The van der Waals surface area contributed by atoms with Crippen molar-refractivity contribution in [2.45, 2.75) is 70.7 Å². The van der Waals surface area contributed by atoms with Crippen molar-refractivity contribution < 1.29 is 8.42 Å². The second-order valence-corrected chi connectivity index (χ2v) is 12.6. The van der Waals surface area contributed by atoms with Gasteiger partial charge in [-0.1, -0.05) is 38.1 Å². The second-order valence-electron chi connectivity index (χ2n) is 9.55. The highest BCUT2D eigenvalue weighted by molar-refractivity contribution is 7.91. The maximum Gasteiger partial charge on any atom is 0.251 e. The van der Waals surface area contributed by atoms with Crippen LogP contribution in [0.15, 0.2) is 46.9 Å². The first-order chi connectivity index (χ1) is 14.4. The van der Waals surface area contributed by atoms with Gasteiger partial charge in [0.05, 0.1) is 6.04 Å². The van der Waals surface area contributed by atoms with Crippen LogP contribution in [-0.4, -0.2) is 23.5 Å². The van der Waals surface area contributed by atoms with Crippen molar-refractivity contribution in [1.82, 2.24) is 14.3 Å². The number of rotatable bonds is 7. The zero-order valence-corrected chi connectivity index (χ0v) is 21.1. The summed E-state index contributed by atoms with van der Waals surface area (Å²) in [5.74, 6) is 1.42. The first-order valence-corrected chi connectivity index (χ1v) is 12.9. The molecule has 2 aromatic heterocycles. The number of hydrogen-bond donors (Lipinski definition) is 1. The van der Waals surface area contributed by atoms with E-state index in [1.165, 1.54) is 11.3 Å². The number of aromatic nitrogens is 2. The number of sulfonamides is 1. The Bertz CT molecular complexity index is 1130. The number of thiophene rings is 1. The number of nitrogens with one attached hydrogen (secondary N) is 1. The molecule has 5 nitrogen and oxygen atoms in total. The Morgan fingerprint density at radius 2 is 1.77 bits per heavy atom. The number of nitrogens with zero attached hydrogens (tertiary/aromatic N) is 2. The van der Waals surface area contributed by atoms with E-state index in [0.717, 1.165) is 33.8 Å². The fourth-order valence-corrected chi connectivity index (χ4v) is 7.04. The molecule has 0 bridgehead atoms. The Morgan fingerprint density at radius 3 is 2.29 bits per heavy atom. The van der Waals surface area contributed by atoms with Crippen molar-refractivity contribution in [3.63, 3.8) is 0 Å². The Balaban J connectivity index is 2.01. The molecular weight excluding hydrogens is 426 g/mol. The first kappa shape index (κ1) is 23.7. The molecule has 0 radical (unpaired) electrons. The number of hydrogen-bond acceptors (Lipinski definition) is 4. The van der Waals surface area contributed by atoms with Crippen molar-refractivity contribution in [2.24, 2.45) is 5.92 Å². The summed E-state index contributed by atoms with van der Waals surface area (Å²) >= 11 is 1.38. The highest BCUT2D eigenvalue weighted by atomic mass is 32.2. The average Bonchev–Trinajstić information content (AvgIpc) is 3.25. The Labute approximate surface area is 190 Å². The van der Waals surface area contributed by atoms with Crippen molar-refractivity contribution in [3.05, 3.63) is 59.0 Å². The molecule has 0 saturated carbocycles. The Hall–Kier alpha value is -1.96. The summed E-state index contributed by atoms with van der Waals surface area (Å²) in [6.45, 7) is 14.0. The van der Waals surface area contributed by atoms with E-state index in [1.54, 1.807) is 6.20 Å². The lowest BCUT2D eigenvalue weighted by Gasteiger charge is -2.20. The van der Waals surface area contributed by atoms with Crippen LogP contribution in [-0.2, 0) is 16.4 Å². The third-order valence-corrected chi connectivity index (χ3v) is 8.48. The van der Waals surface area contributed by atoms with Gasteiger partial charge in [-0.05, 0) is 64.2 Å². The number of aryl methyl sites for hydroxylation is 1. The van der Waals surface area contributed by atoms with Gasteiger partial charge in [0.1, 0.15) is 10.0 Å². The Kier molecular flexibility index (Phi) is 6.79. The molecule has 0 aliphatic heterocycles. The van der Waals surface area contributed by atoms with Gasteiger partial charge in [-0.3, -0.25) is 0 Å². The van der Waals surface area contributed by atoms with Crippen LogP contribution < -0.4 is 4.72 Å². The Morgan fingerprint density at radius 1 is 1.13 bits per heavy atom. The SMILES string of the molecule is Cc1nccn1C(C)c1ccc(-c2cc(CC(C)C)sc2S(=O)(=O)NC(C)(C)C)cc1. The zero-order chi connectivity index (χ0) is 23.0. The van der Waals surface area contributed by atoms with Crippen LogP contribution in [0.25, 0.3) is 11.1 Å². The maximum atomic E-state index is 13.2. The molecule has 0 aliphatic rings. The molecule has 0 spiro atoms. The van der Waals surface area contributed by atoms with Gasteiger partial charge in [0, 0.05) is 28.4 Å². The molecule has 2 heterocycles. The lowest BCUT2D eigenvalue weighted by atomic mass is 10.0. The molecule has 7 heteroatoms. The number of imidazole rings is 1. The smallest absolute Gasteiger partial charge is 0.251 e. The fourth-order valence-electron chi connectivity index (χ4n) is 3.68. The molecule has 0 fully saturated rings. The van der Waals surface area contributed by atoms with E-state index in [4.69, 9.17) is 0 Å². The van der Waals surface area contributed by atoms with Crippen LogP contribution >= 0.6 is 11.3 Å². The predicted molar refractivity (Wildman–Crippen MR) is 129 cm³/mol. The van der Waals surface area contributed by atoms with Crippen LogP contribution in [0.3, 0.4) is 0 Å². The topological polar surface area (TPSA) is 64.0 Å². The highest BCUT2D eigenvalue weighted by Crippen LogP contribution is 2.37. The predicted octanol–water partition coefficient (Wildman–Crippen LogP) is 5.80. The largest absolute Gasteiger partial charge is 0.328 e. The van der Waals surface area contributed by atoms with E-state index in [1.807, 2.05) is 52.1 Å². The molecule has 31 heavy (non-hydrogen) atoms. The normalized spacial score (nSPS) is 13.7. The van der Waals surface area contributed by atoms with E-state index in [2.05, 4.69) is 47.2 Å². The minimum atomic E-state index is -3.62. The monoisotopic (exact) mass is 459 g/mol. The molecule has 3 aromatic rings. The highest BCUT2D eigenvalue weighted by Gasteiger charge is 2.28. The molecule has 0 saturated heterocycles. The molecule has 1 N–H and O–H groups in total. The van der Waals surface area contributed by atoms with Gasteiger partial charge in [0.2, 0.25) is 0 Å². The maximum absolute atomic E-state index is 13.2. The van der Waals surface area contributed by atoms with Crippen LogP contribution in [0, 0.1) is 12.8 Å². The zero-order valence-electron chi connectivity index (χ0n) is 19.4. The molecule has 1 unspecified atom stereocenters. The van der Waals surface area contributed by atoms with Gasteiger partial charge in [-0.2, -0.15) is 0 Å². The standard InChI is InChI=1S/C24H33N3O2S2/c1-16(2)14-21-15-22(23(30-21)31(28,29)26-24(5,6)7)20-10-8-19(9-11-20)17(3)27-13-12-25-18(27)4/h8-13,15-17,26H,14H2,1-7H3. The number of benzene rings is 1. The molecule has 0 amide bonds. The molecule has 1 aromatic carbocycles. The van der Waals surface area contributed by atoms with Crippen LogP contribution in [0.5, 0.6) is 0 Å². The quantitative estimate of drug-likeness (QED) is 0.485. The van der Waals surface area contributed by atoms with Gasteiger partial charge in [0.15, 0.2) is 0 Å². The lowest BCUT2D eigenvalue weighted by molar-refractivity contribution is 0.493. The molecule has 1 atom stereocenters. The first-order valence-electron chi connectivity index (χ1n) is 10.6. The van der Waals surface area contributed by atoms with Crippen LogP contribution in [0.4, 0.5) is 0 Å². The molecular formula is C24H33N3O2S2. The summed E-state index contributed by atoms with van der Waals surface area (Å²) in [6, 6.07) is 10.4. The van der Waals surface area contributed by atoms with Crippen LogP contribution in [0.1, 0.15) is 63.8 Å². The summed E-state index contributed by atoms with van der Waals surface area (Å²) in [7, 11) is -3.62. The van der Waals surface area contributed by atoms with E-state index in [-0.39, 0.29) is 6.04 Å². The van der Waals surface area contributed by atoms with Gasteiger partial charge >= 0.3 is 0 Å². The van der Waals surface area contributed by atoms with E-state index >= 15 is 0 Å². The summed E-state index contributed by atoms with van der Waals surface area (Å²) < 4.78 is 31.7. The van der Waals surface area contributed by atoms with Crippen molar-refractivity contribution in [1.29, 1.82) is 0 Å². The fraction of sp³-hybridized carbons (Fsp3) is 0.458. The van der Waals surface area contributed by atoms with E-state index in [9.17, 15) is 8.42 Å². The molecule has 168 valence electrons. The van der Waals surface area contributed by atoms with E-state index < -0.39 is 15.6 Å². The van der Waals surface area contributed by atoms with Gasteiger partial charge < -0.3 is 4.57 Å². The second kappa shape index (κ2) is 8.88. The van der Waals surface area contributed by atoms with Crippen molar-refractivity contribution in [2.75, 3.05) is 0 Å². The van der Waals surface area contributed by atoms with Gasteiger partial charge in [-0.25, -0.2) is 18.1 Å². The minimum Gasteiger partial charge on any atom is -0.328 e. The third kappa shape index (κ3) is 5.64. The van der Waals surface area contributed by atoms with Gasteiger partial charge in [-0.15, -0.1) is 11.3 Å². The van der Waals surface area contributed by atoms with Crippen molar-refractivity contribution >= 4 is 21.4 Å². The summed E-state index contributed by atoms with van der Waals surface area (Å²) in [5.41, 5.74) is 2.30. The third-order valence-electron chi connectivity index (χ3n) is 5.03. The summed E-state index contributed by atoms with van der Waals surface area (Å²) in [6.07, 6.45) is 4.65. The molecule has 3 rings (SSSR count). The minimum absolute atomic E-state index is 0.154. The summed E-state index contributed by atoms with van der Waals surface area (Å²) in [5, 5.41) is 0. The summed E-state index contributed by atoms with van der Waals surface area (Å²) in [4.78, 5) is 5.40. The van der Waals surface area contributed by atoms with Gasteiger partial charge in [0.25, 0.3) is 10.0 Å². The average molecular weight is 460 g/mol. The van der Waals surface area contributed by atoms with Crippen molar-refractivity contribution in [3.8, 4) is 11.1 Å². The lowest BCUT2D eigenvalue weighted by Crippen LogP contribution is -2.40. The molecule has 0 aliphatic carbocycles.